The van der Waals surface area contributed by atoms with Gasteiger partial charge in [0.15, 0.2) is 0 Å². The predicted molar refractivity (Wildman–Crippen MR) is 81.2 cm³/mol. The van der Waals surface area contributed by atoms with Crippen LogP contribution in [0.3, 0.4) is 0 Å². The highest BCUT2D eigenvalue weighted by atomic mass is 32.1. The third-order valence-electron chi connectivity index (χ3n) is 3.74. The summed E-state index contributed by atoms with van der Waals surface area (Å²) < 4.78 is 0. The van der Waals surface area contributed by atoms with Crippen LogP contribution in [0, 0.1) is 0 Å². The van der Waals surface area contributed by atoms with Gasteiger partial charge in [-0.1, -0.05) is 36.5 Å². The number of hydrogen-bond acceptors (Lipinski definition) is 2. The lowest BCUT2D eigenvalue weighted by atomic mass is 9.82. The maximum Gasteiger partial charge on any atom is 0.229 e. The Morgan fingerprint density at radius 3 is 2.95 bits per heavy atom. The predicted octanol–water partition coefficient (Wildman–Crippen LogP) is 2.24. The number of thiocarbonyl (C=S) groups is 1. The first kappa shape index (κ1) is 14.0. The number of nitrogens with two attached hydrogens (primary N) is 1. The van der Waals surface area contributed by atoms with Gasteiger partial charge in [-0.15, -0.1) is 0 Å². The summed E-state index contributed by atoms with van der Waals surface area (Å²) in [7, 11) is 1.83. The molecule has 1 aliphatic rings. The van der Waals surface area contributed by atoms with Gasteiger partial charge >= 0.3 is 0 Å². The number of nitrogens with zero attached hydrogens (tertiary/aromatic N) is 1. The molecular weight excluding hydrogens is 256 g/mol. The summed E-state index contributed by atoms with van der Waals surface area (Å²) in [6.45, 7) is 0.604. The second kappa shape index (κ2) is 6.15. The van der Waals surface area contributed by atoms with Crippen molar-refractivity contribution in [1.82, 2.24) is 4.90 Å². The minimum Gasteiger partial charge on any atom is -0.393 e. The molecule has 19 heavy (non-hydrogen) atoms. The molecule has 3 nitrogen and oxygen atoms in total. The van der Waals surface area contributed by atoms with Crippen LogP contribution in [0.1, 0.15) is 36.3 Å². The molecule has 0 saturated carbocycles. The maximum atomic E-state index is 12.5. The van der Waals surface area contributed by atoms with E-state index in [-0.39, 0.29) is 11.8 Å². The summed E-state index contributed by atoms with van der Waals surface area (Å²) >= 11 is 4.86. The number of rotatable bonds is 4. The van der Waals surface area contributed by atoms with Crippen LogP contribution < -0.4 is 5.73 Å². The van der Waals surface area contributed by atoms with Crippen molar-refractivity contribution in [2.45, 2.75) is 31.6 Å². The number of carbonyl (C=O) groups excluding carboxylic acids is 1. The summed E-state index contributed by atoms with van der Waals surface area (Å²) in [6.07, 6.45) is 3.69. The van der Waals surface area contributed by atoms with Gasteiger partial charge < -0.3 is 10.6 Å². The first-order chi connectivity index (χ1) is 9.09. The molecule has 0 aromatic heterocycles. The number of benzene rings is 1. The van der Waals surface area contributed by atoms with Crippen LogP contribution in [0.2, 0.25) is 0 Å². The van der Waals surface area contributed by atoms with Crippen LogP contribution in [0.15, 0.2) is 24.3 Å². The van der Waals surface area contributed by atoms with Crippen LogP contribution >= 0.6 is 12.2 Å². The molecule has 1 amide bonds. The van der Waals surface area contributed by atoms with E-state index >= 15 is 0 Å². The van der Waals surface area contributed by atoms with Crippen LogP contribution in [0.25, 0.3) is 0 Å². The van der Waals surface area contributed by atoms with Crippen molar-refractivity contribution in [1.29, 1.82) is 0 Å². The summed E-state index contributed by atoms with van der Waals surface area (Å²) in [5, 5.41) is 0. The SMILES string of the molecule is CN(CCC(N)=S)C(=O)C1CCCc2ccccc21. The van der Waals surface area contributed by atoms with Crippen molar-refractivity contribution in [3.05, 3.63) is 35.4 Å². The molecule has 0 bridgehead atoms. The van der Waals surface area contributed by atoms with E-state index in [4.69, 9.17) is 18.0 Å². The fourth-order valence-corrected chi connectivity index (χ4v) is 2.76. The van der Waals surface area contributed by atoms with Crippen molar-refractivity contribution >= 4 is 23.1 Å². The molecule has 0 spiro atoms. The number of amides is 1. The first-order valence-electron chi connectivity index (χ1n) is 6.70. The minimum absolute atomic E-state index is 0.00120. The summed E-state index contributed by atoms with van der Waals surface area (Å²) in [5.41, 5.74) is 8.00. The molecule has 0 aliphatic heterocycles. The molecule has 1 aromatic rings. The molecule has 1 atom stereocenters. The standard InChI is InChI=1S/C15H20N2OS/c1-17(10-9-14(16)19)15(18)13-8-4-6-11-5-2-3-7-12(11)13/h2-3,5,7,13H,4,6,8-10H2,1H3,(H2,16,19). The van der Waals surface area contributed by atoms with Gasteiger partial charge in [-0.25, -0.2) is 0 Å². The Morgan fingerprint density at radius 2 is 2.21 bits per heavy atom. The van der Waals surface area contributed by atoms with Crippen molar-refractivity contribution in [2.75, 3.05) is 13.6 Å². The van der Waals surface area contributed by atoms with Gasteiger partial charge in [-0.2, -0.15) is 0 Å². The van der Waals surface area contributed by atoms with Crippen LogP contribution in [0.4, 0.5) is 0 Å². The van der Waals surface area contributed by atoms with Crippen molar-refractivity contribution in [3.63, 3.8) is 0 Å². The second-order valence-corrected chi connectivity index (χ2v) is 5.64. The number of aryl methyl sites for hydroxylation is 1. The number of fused-ring (bicyclic) bond motifs is 1. The van der Waals surface area contributed by atoms with E-state index in [0.29, 0.717) is 18.0 Å². The van der Waals surface area contributed by atoms with E-state index in [2.05, 4.69) is 12.1 Å². The van der Waals surface area contributed by atoms with Gasteiger partial charge in [0.1, 0.15) is 0 Å². The van der Waals surface area contributed by atoms with Gasteiger partial charge in [0.25, 0.3) is 0 Å². The van der Waals surface area contributed by atoms with Gasteiger partial charge in [0.05, 0.1) is 10.9 Å². The van der Waals surface area contributed by atoms with E-state index in [1.165, 1.54) is 11.1 Å². The quantitative estimate of drug-likeness (QED) is 0.858. The molecule has 0 heterocycles. The normalized spacial score (nSPS) is 17.6. The third kappa shape index (κ3) is 3.32. The van der Waals surface area contributed by atoms with Crippen molar-refractivity contribution in [3.8, 4) is 0 Å². The number of hydrogen-bond donors (Lipinski definition) is 1. The Balaban J connectivity index is 2.10. The summed E-state index contributed by atoms with van der Waals surface area (Å²) in [4.78, 5) is 14.7. The molecule has 1 aromatic carbocycles. The largest absolute Gasteiger partial charge is 0.393 e. The van der Waals surface area contributed by atoms with Gasteiger partial charge in [-0.05, 0) is 30.4 Å². The zero-order chi connectivity index (χ0) is 13.8. The fraction of sp³-hybridized carbons (Fsp3) is 0.467. The number of carbonyl (C=O) groups is 1. The highest BCUT2D eigenvalue weighted by Crippen LogP contribution is 2.32. The van der Waals surface area contributed by atoms with Crippen LogP contribution in [-0.2, 0) is 11.2 Å². The molecule has 4 heteroatoms. The van der Waals surface area contributed by atoms with E-state index in [1.54, 1.807) is 4.90 Å². The van der Waals surface area contributed by atoms with E-state index in [9.17, 15) is 4.79 Å². The molecule has 0 fully saturated rings. The molecule has 0 radical (unpaired) electrons. The van der Waals surface area contributed by atoms with Crippen LogP contribution in [0.5, 0.6) is 0 Å². The zero-order valence-electron chi connectivity index (χ0n) is 11.3. The van der Waals surface area contributed by atoms with Gasteiger partial charge in [-0.3, -0.25) is 4.79 Å². The molecule has 102 valence electrons. The van der Waals surface area contributed by atoms with E-state index in [0.717, 1.165) is 19.3 Å². The van der Waals surface area contributed by atoms with Gasteiger partial charge in [0.2, 0.25) is 5.91 Å². The minimum atomic E-state index is 0.00120. The van der Waals surface area contributed by atoms with Crippen molar-refractivity contribution < 1.29 is 4.79 Å². The Kier molecular flexibility index (Phi) is 4.53. The average Bonchev–Trinajstić information content (AvgIpc) is 2.43. The maximum absolute atomic E-state index is 12.5. The zero-order valence-corrected chi connectivity index (χ0v) is 12.1. The van der Waals surface area contributed by atoms with Crippen LogP contribution in [-0.4, -0.2) is 29.4 Å². The van der Waals surface area contributed by atoms with Crippen molar-refractivity contribution in [2.24, 2.45) is 5.73 Å². The lowest BCUT2D eigenvalue weighted by Crippen LogP contribution is -2.35. The third-order valence-corrected chi connectivity index (χ3v) is 3.94. The highest BCUT2D eigenvalue weighted by molar-refractivity contribution is 7.80. The monoisotopic (exact) mass is 276 g/mol. The van der Waals surface area contributed by atoms with Gasteiger partial charge in [0, 0.05) is 20.0 Å². The fourth-order valence-electron chi connectivity index (χ4n) is 2.66. The Bertz CT molecular complexity index is 487. The van der Waals surface area contributed by atoms with E-state index < -0.39 is 0 Å². The smallest absolute Gasteiger partial charge is 0.229 e. The molecule has 2 rings (SSSR count). The highest BCUT2D eigenvalue weighted by Gasteiger charge is 2.28. The Hall–Kier alpha value is -1.42. The summed E-state index contributed by atoms with van der Waals surface area (Å²) in [6, 6.07) is 8.27. The lowest BCUT2D eigenvalue weighted by Gasteiger charge is -2.28. The first-order valence-corrected chi connectivity index (χ1v) is 7.11. The van der Waals surface area contributed by atoms with E-state index in [1.807, 2.05) is 19.2 Å². The lowest BCUT2D eigenvalue weighted by molar-refractivity contribution is -0.131. The molecule has 1 unspecified atom stereocenters. The molecular formula is C15H20N2OS. The average molecular weight is 276 g/mol. The summed E-state index contributed by atoms with van der Waals surface area (Å²) in [5.74, 6) is 0.185. The molecule has 1 aliphatic carbocycles. The molecule has 0 saturated heterocycles. The second-order valence-electron chi connectivity index (χ2n) is 5.12. The topological polar surface area (TPSA) is 46.3 Å². The number of likely N-dealkylation sites (N-methyl/N-ethyl adjacent to an activating group) is 1. The Labute approximate surface area is 119 Å². The molecule has 2 N–H and O–H groups in total. The Morgan fingerprint density at radius 1 is 1.47 bits per heavy atom.